The first-order chi connectivity index (χ1) is 9.91. The van der Waals surface area contributed by atoms with Gasteiger partial charge in [-0.25, -0.2) is 9.59 Å². The van der Waals surface area contributed by atoms with Gasteiger partial charge < -0.3 is 15.7 Å². The van der Waals surface area contributed by atoms with E-state index in [-0.39, 0.29) is 21.8 Å². The molecule has 1 aromatic rings. The van der Waals surface area contributed by atoms with Crippen molar-refractivity contribution in [3.63, 3.8) is 0 Å². The normalized spacial score (nSPS) is 17.0. The predicted molar refractivity (Wildman–Crippen MR) is 82.1 cm³/mol. The molecule has 1 saturated carbocycles. The van der Waals surface area contributed by atoms with Gasteiger partial charge in [0.1, 0.15) is 5.56 Å². The number of carboxylic acids is 1. The van der Waals surface area contributed by atoms with Crippen LogP contribution in [0.4, 0.5) is 10.5 Å². The van der Waals surface area contributed by atoms with Gasteiger partial charge in [-0.05, 0) is 31.9 Å². The Bertz CT molecular complexity index is 554. The van der Waals surface area contributed by atoms with Crippen molar-refractivity contribution in [2.45, 2.75) is 44.6 Å². The lowest BCUT2D eigenvalue weighted by Crippen LogP contribution is -2.49. The lowest BCUT2D eigenvalue weighted by Gasteiger charge is -2.34. The van der Waals surface area contributed by atoms with Gasteiger partial charge in [-0.3, -0.25) is 0 Å². The van der Waals surface area contributed by atoms with E-state index >= 15 is 0 Å². The Labute approximate surface area is 128 Å². The number of hydrogen-bond acceptors (Lipinski definition) is 2. The summed E-state index contributed by atoms with van der Waals surface area (Å²) < 4.78 is 0. The Morgan fingerprint density at radius 1 is 1.24 bits per heavy atom. The fourth-order valence-electron chi connectivity index (χ4n) is 2.73. The lowest BCUT2D eigenvalue weighted by atomic mass is 9.83. The van der Waals surface area contributed by atoms with E-state index in [0.717, 1.165) is 25.7 Å². The SMILES string of the molecule is CC1(NC(=O)Nc2cccc(Cl)c2C(=O)O)CCCCC1. The van der Waals surface area contributed by atoms with E-state index in [0.29, 0.717) is 0 Å². The molecular formula is C15H19ClN2O3. The van der Waals surface area contributed by atoms with Crippen LogP contribution in [0.25, 0.3) is 0 Å². The molecule has 114 valence electrons. The lowest BCUT2D eigenvalue weighted by molar-refractivity contribution is 0.0698. The number of anilines is 1. The topological polar surface area (TPSA) is 78.4 Å². The molecule has 0 aromatic heterocycles. The summed E-state index contributed by atoms with van der Waals surface area (Å²) >= 11 is 5.87. The number of hydrogen-bond donors (Lipinski definition) is 3. The molecule has 0 unspecified atom stereocenters. The zero-order valence-corrected chi connectivity index (χ0v) is 12.7. The van der Waals surface area contributed by atoms with Crippen molar-refractivity contribution in [3.8, 4) is 0 Å². The Balaban J connectivity index is 2.09. The minimum atomic E-state index is -1.17. The van der Waals surface area contributed by atoms with Gasteiger partial charge in [-0.1, -0.05) is 36.9 Å². The summed E-state index contributed by atoms with van der Waals surface area (Å²) in [7, 11) is 0. The first-order valence-electron chi connectivity index (χ1n) is 7.02. The van der Waals surface area contributed by atoms with E-state index in [2.05, 4.69) is 10.6 Å². The summed E-state index contributed by atoms with van der Waals surface area (Å²) in [5.41, 5.74) is -0.125. The van der Waals surface area contributed by atoms with E-state index in [9.17, 15) is 14.7 Å². The Kier molecular flexibility index (Phi) is 4.73. The molecule has 0 atom stereocenters. The zero-order chi connectivity index (χ0) is 15.5. The number of carbonyl (C=O) groups is 2. The van der Waals surface area contributed by atoms with Gasteiger partial charge in [0, 0.05) is 5.54 Å². The van der Waals surface area contributed by atoms with Crippen molar-refractivity contribution in [1.29, 1.82) is 0 Å². The van der Waals surface area contributed by atoms with Crippen molar-refractivity contribution >= 4 is 29.3 Å². The van der Waals surface area contributed by atoms with Crippen molar-refractivity contribution in [3.05, 3.63) is 28.8 Å². The fraction of sp³-hybridized carbons (Fsp3) is 0.467. The quantitative estimate of drug-likeness (QED) is 0.792. The van der Waals surface area contributed by atoms with Crippen LogP contribution >= 0.6 is 11.6 Å². The third kappa shape index (κ3) is 3.88. The standard InChI is InChI=1S/C15H19ClN2O3/c1-15(8-3-2-4-9-15)18-14(21)17-11-7-5-6-10(16)12(11)13(19)20/h5-7H,2-4,8-9H2,1H3,(H,19,20)(H2,17,18,21). The molecule has 0 heterocycles. The van der Waals surface area contributed by atoms with Crippen LogP contribution in [0, 0.1) is 0 Å². The average molecular weight is 311 g/mol. The van der Waals surface area contributed by atoms with E-state index in [1.807, 2.05) is 6.92 Å². The molecule has 6 heteroatoms. The van der Waals surface area contributed by atoms with Crippen molar-refractivity contribution in [1.82, 2.24) is 5.32 Å². The summed E-state index contributed by atoms with van der Waals surface area (Å²) in [5, 5.41) is 14.8. The highest BCUT2D eigenvalue weighted by atomic mass is 35.5. The largest absolute Gasteiger partial charge is 0.478 e. The van der Waals surface area contributed by atoms with Gasteiger partial charge in [-0.15, -0.1) is 0 Å². The molecule has 2 rings (SSSR count). The van der Waals surface area contributed by atoms with E-state index in [4.69, 9.17) is 11.6 Å². The summed E-state index contributed by atoms with van der Waals surface area (Å²) in [5.74, 6) is -1.17. The molecule has 0 spiro atoms. The minimum absolute atomic E-state index is 0.0943. The number of amides is 2. The van der Waals surface area contributed by atoms with Crippen LogP contribution in [0.15, 0.2) is 18.2 Å². The number of carboxylic acid groups (broad SMARTS) is 1. The highest BCUT2D eigenvalue weighted by Crippen LogP contribution is 2.28. The molecule has 0 radical (unpaired) electrons. The molecule has 0 aliphatic heterocycles. The van der Waals surface area contributed by atoms with Crippen LogP contribution in [0.2, 0.25) is 5.02 Å². The smallest absolute Gasteiger partial charge is 0.339 e. The number of urea groups is 1. The first kappa shape index (κ1) is 15.6. The Morgan fingerprint density at radius 2 is 1.90 bits per heavy atom. The average Bonchev–Trinajstić information content (AvgIpc) is 2.38. The molecule has 0 saturated heterocycles. The number of benzene rings is 1. The van der Waals surface area contributed by atoms with Gasteiger partial charge in [0.15, 0.2) is 0 Å². The summed E-state index contributed by atoms with van der Waals surface area (Å²) in [6, 6.07) is 4.21. The molecule has 3 N–H and O–H groups in total. The second kappa shape index (κ2) is 6.35. The van der Waals surface area contributed by atoms with Crippen molar-refractivity contribution < 1.29 is 14.7 Å². The van der Waals surface area contributed by atoms with E-state index in [1.54, 1.807) is 6.07 Å². The maximum absolute atomic E-state index is 12.1. The van der Waals surface area contributed by atoms with Crippen LogP contribution in [-0.2, 0) is 0 Å². The first-order valence-corrected chi connectivity index (χ1v) is 7.40. The molecule has 1 fully saturated rings. The van der Waals surface area contributed by atoms with Crippen LogP contribution in [-0.4, -0.2) is 22.6 Å². The van der Waals surface area contributed by atoms with Gasteiger partial charge in [0.2, 0.25) is 0 Å². The maximum atomic E-state index is 12.1. The van der Waals surface area contributed by atoms with Crippen molar-refractivity contribution in [2.75, 3.05) is 5.32 Å². The number of halogens is 1. The summed E-state index contributed by atoms with van der Waals surface area (Å²) in [4.78, 5) is 23.3. The molecule has 0 bridgehead atoms. The van der Waals surface area contributed by atoms with Gasteiger partial charge in [0.05, 0.1) is 10.7 Å². The van der Waals surface area contributed by atoms with Crippen LogP contribution in [0.3, 0.4) is 0 Å². The highest BCUT2D eigenvalue weighted by Gasteiger charge is 2.28. The Hall–Kier alpha value is -1.75. The number of nitrogens with one attached hydrogen (secondary N) is 2. The molecule has 1 aliphatic rings. The van der Waals surface area contributed by atoms with Gasteiger partial charge >= 0.3 is 12.0 Å². The number of aromatic carboxylic acids is 1. The molecule has 1 aromatic carbocycles. The highest BCUT2D eigenvalue weighted by molar-refractivity contribution is 6.34. The molecule has 2 amide bonds. The van der Waals surface area contributed by atoms with E-state index in [1.165, 1.54) is 18.6 Å². The van der Waals surface area contributed by atoms with Gasteiger partial charge in [-0.2, -0.15) is 0 Å². The van der Waals surface area contributed by atoms with Gasteiger partial charge in [0.25, 0.3) is 0 Å². The van der Waals surface area contributed by atoms with Crippen LogP contribution in [0.1, 0.15) is 49.4 Å². The van der Waals surface area contributed by atoms with Crippen molar-refractivity contribution in [2.24, 2.45) is 0 Å². The monoisotopic (exact) mass is 310 g/mol. The van der Waals surface area contributed by atoms with Crippen LogP contribution < -0.4 is 10.6 Å². The van der Waals surface area contributed by atoms with Crippen LogP contribution in [0.5, 0.6) is 0 Å². The number of carbonyl (C=O) groups excluding carboxylic acids is 1. The molecular weight excluding hydrogens is 292 g/mol. The third-order valence-electron chi connectivity index (χ3n) is 3.85. The predicted octanol–water partition coefficient (Wildman–Crippen LogP) is 3.88. The molecule has 5 nitrogen and oxygen atoms in total. The fourth-order valence-corrected chi connectivity index (χ4v) is 2.99. The maximum Gasteiger partial charge on any atom is 0.339 e. The Morgan fingerprint density at radius 3 is 2.52 bits per heavy atom. The zero-order valence-electron chi connectivity index (χ0n) is 11.9. The molecule has 21 heavy (non-hydrogen) atoms. The summed E-state index contributed by atoms with van der Waals surface area (Å²) in [6.45, 7) is 2.02. The second-order valence-electron chi connectivity index (χ2n) is 5.67. The minimum Gasteiger partial charge on any atom is -0.478 e. The second-order valence-corrected chi connectivity index (χ2v) is 6.08. The number of rotatable bonds is 3. The van der Waals surface area contributed by atoms with E-state index < -0.39 is 12.0 Å². The third-order valence-corrected chi connectivity index (χ3v) is 4.16. The summed E-state index contributed by atoms with van der Waals surface area (Å²) in [6.07, 6.45) is 5.24. The molecule has 1 aliphatic carbocycles.